The normalized spacial score (nSPS) is 11.9. The number of aromatic amines is 1. The maximum absolute atomic E-state index is 13.1. The number of aromatic nitrogens is 4. The van der Waals surface area contributed by atoms with Gasteiger partial charge in [-0.1, -0.05) is 23.4 Å². The number of esters is 1. The van der Waals surface area contributed by atoms with Crippen LogP contribution in [0, 0.1) is 13.8 Å². The lowest BCUT2D eigenvalue weighted by molar-refractivity contribution is 0.0525. The molecule has 0 bridgehead atoms. The van der Waals surface area contributed by atoms with Crippen molar-refractivity contribution in [1.29, 1.82) is 0 Å². The molecule has 1 N–H and O–H groups in total. The van der Waals surface area contributed by atoms with Gasteiger partial charge in [0.05, 0.1) is 23.1 Å². The average molecular weight is 477 g/mol. The highest BCUT2D eigenvalue weighted by Gasteiger charge is 2.27. The van der Waals surface area contributed by atoms with Gasteiger partial charge in [0.1, 0.15) is 12.4 Å². The number of ketones is 1. The molecule has 170 valence electrons. The molecule has 10 heteroatoms. The van der Waals surface area contributed by atoms with E-state index in [-0.39, 0.29) is 19.0 Å². The summed E-state index contributed by atoms with van der Waals surface area (Å²) in [7, 11) is 1.82. The van der Waals surface area contributed by atoms with E-state index in [0.717, 1.165) is 0 Å². The van der Waals surface area contributed by atoms with Crippen LogP contribution in [0.15, 0.2) is 29.4 Å². The first kappa shape index (κ1) is 23.9. The molecule has 1 unspecified atom stereocenters. The number of halogens is 1. The van der Waals surface area contributed by atoms with Crippen LogP contribution in [0.2, 0.25) is 5.02 Å². The van der Waals surface area contributed by atoms with Crippen molar-refractivity contribution in [3.05, 3.63) is 57.6 Å². The second-order valence-electron chi connectivity index (χ2n) is 7.17. The Labute approximate surface area is 195 Å². The molecule has 0 aliphatic rings. The summed E-state index contributed by atoms with van der Waals surface area (Å²) < 4.78 is 12.6. The van der Waals surface area contributed by atoms with Crippen molar-refractivity contribution in [2.45, 2.75) is 44.7 Å². The van der Waals surface area contributed by atoms with Crippen LogP contribution in [0.1, 0.15) is 51.8 Å². The Morgan fingerprint density at radius 2 is 1.91 bits per heavy atom. The molecule has 1 aromatic carbocycles. The van der Waals surface area contributed by atoms with Gasteiger partial charge in [-0.3, -0.25) is 4.79 Å². The lowest BCUT2D eigenvalue weighted by Crippen LogP contribution is -2.16. The predicted molar refractivity (Wildman–Crippen MR) is 123 cm³/mol. The summed E-state index contributed by atoms with van der Waals surface area (Å²) >= 11 is 7.18. The van der Waals surface area contributed by atoms with Gasteiger partial charge in [-0.25, -0.2) is 4.79 Å². The Morgan fingerprint density at radius 1 is 1.22 bits per heavy atom. The topological polar surface area (TPSA) is 99.1 Å². The fourth-order valence-corrected chi connectivity index (χ4v) is 4.19. The van der Waals surface area contributed by atoms with Crippen LogP contribution in [0.3, 0.4) is 0 Å². The number of hydrogen-bond acceptors (Lipinski definition) is 7. The van der Waals surface area contributed by atoms with Gasteiger partial charge in [0.15, 0.2) is 16.8 Å². The third-order valence-electron chi connectivity index (χ3n) is 4.92. The molecule has 1 atom stereocenters. The van der Waals surface area contributed by atoms with E-state index in [4.69, 9.17) is 21.1 Å². The van der Waals surface area contributed by atoms with Crippen molar-refractivity contribution in [3.63, 3.8) is 0 Å². The number of rotatable bonds is 9. The minimum Gasteiger partial charge on any atom is -0.486 e. The zero-order chi connectivity index (χ0) is 23.4. The number of nitrogens with zero attached hydrogens (tertiary/aromatic N) is 3. The smallest absolute Gasteiger partial charge is 0.340 e. The monoisotopic (exact) mass is 476 g/mol. The molecular formula is C22H25ClN4O4S. The van der Waals surface area contributed by atoms with Gasteiger partial charge in [0.25, 0.3) is 0 Å². The summed E-state index contributed by atoms with van der Waals surface area (Å²) in [6.07, 6.45) is 0. The molecule has 0 aliphatic carbocycles. The van der Waals surface area contributed by atoms with Crippen molar-refractivity contribution in [2.75, 3.05) is 6.61 Å². The summed E-state index contributed by atoms with van der Waals surface area (Å²) in [6, 6.07) is 7.06. The minimum absolute atomic E-state index is 0.131. The van der Waals surface area contributed by atoms with E-state index < -0.39 is 11.2 Å². The van der Waals surface area contributed by atoms with Crippen LogP contribution >= 0.6 is 23.4 Å². The minimum atomic E-state index is -0.449. The number of Topliss-reactive ketones (excluding diaryl/α,β-unsaturated/α-hetero) is 1. The Bertz CT molecular complexity index is 1120. The summed E-state index contributed by atoms with van der Waals surface area (Å²) in [5, 5.41) is 9.14. The van der Waals surface area contributed by atoms with Crippen LogP contribution in [0.5, 0.6) is 5.75 Å². The molecule has 0 spiro atoms. The van der Waals surface area contributed by atoms with Crippen LogP contribution in [0.4, 0.5) is 0 Å². The number of hydrogen-bond donors (Lipinski definition) is 1. The molecule has 0 aliphatic heterocycles. The van der Waals surface area contributed by atoms with E-state index in [1.54, 1.807) is 56.5 Å². The largest absolute Gasteiger partial charge is 0.486 e. The Kier molecular flexibility index (Phi) is 7.63. The average Bonchev–Trinajstić information content (AvgIpc) is 3.25. The van der Waals surface area contributed by atoms with Gasteiger partial charge < -0.3 is 19.0 Å². The van der Waals surface area contributed by atoms with Gasteiger partial charge in [0.2, 0.25) is 0 Å². The van der Waals surface area contributed by atoms with Gasteiger partial charge in [-0.05, 0) is 57.5 Å². The van der Waals surface area contributed by atoms with E-state index >= 15 is 0 Å². The SMILES string of the molecule is CCOC(=O)c1c(C)[nH]c(C(=O)C(C)Sc2nnc(COc3ccc(Cl)cc3)n2C)c1C. The van der Waals surface area contributed by atoms with Crippen LogP contribution in [0.25, 0.3) is 0 Å². The summed E-state index contributed by atoms with van der Waals surface area (Å²) in [5.74, 6) is 0.730. The predicted octanol–water partition coefficient (Wildman–Crippen LogP) is 4.53. The highest BCUT2D eigenvalue weighted by Crippen LogP contribution is 2.27. The van der Waals surface area contributed by atoms with E-state index in [2.05, 4.69) is 15.2 Å². The molecule has 0 saturated heterocycles. The summed E-state index contributed by atoms with van der Waals surface area (Å²) in [5.41, 5.74) is 2.02. The van der Waals surface area contributed by atoms with Crippen molar-refractivity contribution in [1.82, 2.24) is 19.7 Å². The molecule has 0 saturated carbocycles. The number of H-pyrrole nitrogens is 1. The fourth-order valence-electron chi connectivity index (χ4n) is 3.17. The molecule has 0 fully saturated rings. The molecule has 0 amide bonds. The lowest BCUT2D eigenvalue weighted by Gasteiger charge is -2.10. The van der Waals surface area contributed by atoms with Gasteiger partial charge in [0, 0.05) is 17.8 Å². The van der Waals surface area contributed by atoms with E-state index in [1.807, 2.05) is 7.05 Å². The lowest BCUT2D eigenvalue weighted by atomic mass is 10.1. The number of carbonyl (C=O) groups is 2. The maximum atomic E-state index is 13.1. The van der Waals surface area contributed by atoms with Crippen LogP contribution in [-0.2, 0) is 18.4 Å². The standard InChI is InChI=1S/C22H25ClN4O4S/c1-6-30-21(29)18-12(2)19(24-13(18)3)20(28)14(4)32-22-26-25-17(27(22)5)11-31-16-9-7-15(23)8-10-16/h7-10,14,24H,6,11H2,1-5H3. The second kappa shape index (κ2) is 10.2. The van der Waals surface area contributed by atoms with Gasteiger partial charge in [-0.2, -0.15) is 0 Å². The first-order valence-corrected chi connectivity index (χ1v) is 11.3. The third-order valence-corrected chi connectivity index (χ3v) is 6.31. The Morgan fingerprint density at radius 3 is 2.56 bits per heavy atom. The first-order valence-electron chi connectivity index (χ1n) is 10.1. The van der Waals surface area contributed by atoms with E-state index in [1.165, 1.54) is 11.8 Å². The molecule has 32 heavy (non-hydrogen) atoms. The molecule has 0 radical (unpaired) electrons. The summed E-state index contributed by atoms with van der Waals surface area (Å²) in [6.45, 7) is 7.54. The number of carbonyl (C=O) groups excluding carboxylic acids is 2. The highest BCUT2D eigenvalue weighted by molar-refractivity contribution is 8.00. The number of ether oxygens (including phenoxy) is 2. The molecule has 2 aromatic heterocycles. The zero-order valence-electron chi connectivity index (χ0n) is 18.6. The second-order valence-corrected chi connectivity index (χ2v) is 8.91. The molecule has 8 nitrogen and oxygen atoms in total. The Hall–Kier alpha value is -2.78. The van der Waals surface area contributed by atoms with Crippen molar-refractivity contribution in [2.24, 2.45) is 7.05 Å². The van der Waals surface area contributed by atoms with Gasteiger partial charge in [-0.15, -0.1) is 10.2 Å². The quantitative estimate of drug-likeness (QED) is 0.275. The fraction of sp³-hybridized carbons (Fsp3) is 0.364. The van der Waals surface area contributed by atoms with Gasteiger partial charge >= 0.3 is 5.97 Å². The molecule has 3 rings (SSSR count). The van der Waals surface area contributed by atoms with Crippen LogP contribution < -0.4 is 4.74 Å². The zero-order valence-corrected chi connectivity index (χ0v) is 20.1. The number of thioether (sulfide) groups is 1. The van der Waals surface area contributed by atoms with E-state index in [0.29, 0.717) is 44.3 Å². The first-order chi connectivity index (χ1) is 15.2. The molecule has 3 aromatic rings. The number of nitrogens with one attached hydrogen (secondary N) is 1. The maximum Gasteiger partial charge on any atom is 0.340 e. The third kappa shape index (κ3) is 5.16. The molecular weight excluding hydrogens is 452 g/mol. The van der Waals surface area contributed by atoms with Crippen molar-refractivity contribution < 1.29 is 19.1 Å². The van der Waals surface area contributed by atoms with Crippen molar-refractivity contribution in [3.8, 4) is 5.75 Å². The number of benzene rings is 1. The van der Waals surface area contributed by atoms with Crippen LogP contribution in [-0.4, -0.2) is 43.4 Å². The highest BCUT2D eigenvalue weighted by atomic mass is 35.5. The molecule has 2 heterocycles. The van der Waals surface area contributed by atoms with E-state index in [9.17, 15) is 9.59 Å². The summed E-state index contributed by atoms with van der Waals surface area (Å²) in [4.78, 5) is 28.3. The van der Waals surface area contributed by atoms with Crippen molar-refractivity contribution >= 4 is 35.1 Å². The number of aryl methyl sites for hydroxylation is 1. The Balaban J connectivity index is 1.69.